The molecular weight excluding hydrogens is 370 g/mol. The van der Waals surface area contributed by atoms with Gasteiger partial charge in [-0.1, -0.05) is 18.7 Å². The first-order valence-corrected chi connectivity index (χ1v) is 10.1. The first-order valence-electron chi connectivity index (χ1n) is 8.28. The quantitative estimate of drug-likeness (QED) is 0.672. The molecule has 2 aromatic heterocycles. The van der Waals surface area contributed by atoms with Gasteiger partial charge in [0.25, 0.3) is 0 Å². The van der Waals surface area contributed by atoms with E-state index in [1.807, 2.05) is 17.5 Å². The topological polar surface area (TPSA) is 73.3 Å². The Morgan fingerprint density at radius 1 is 1.27 bits per heavy atom. The smallest absolute Gasteiger partial charge is 0.236 e. The fraction of sp³-hybridized carbons (Fsp3) is 0.278. The molecule has 134 valence electrons. The summed E-state index contributed by atoms with van der Waals surface area (Å²) in [4.78, 5) is 20.9. The molecule has 1 aromatic carbocycles. The normalized spacial score (nSPS) is 13.0. The zero-order valence-corrected chi connectivity index (χ0v) is 15.8. The average molecular weight is 387 g/mol. The van der Waals surface area contributed by atoms with Gasteiger partial charge in [0.2, 0.25) is 5.91 Å². The number of thioether (sulfide) groups is 1. The number of benzene rings is 1. The standard InChI is InChI=1S/C18H17N3O3S2/c1-2-11-7-12-8-14-15(24-5-4-23-14)9-13(12)20-17(11)26-10-16(22)21-18-19-3-6-25-18/h3,6-9H,2,4-5,10H2,1H3,(H,19,21,22). The predicted molar refractivity (Wildman–Crippen MR) is 104 cm³/mol. The maximum atomic E-state index is 12.1. The van der Waals surface area contributed by atoms with Gasteiger partial charge in [0.1, 0.15) is 18.2 Å². The van der Waals surface area contributed by atoms with Gasteiger partial charge in [0.05, 0.1) is 11.3 Å². The van der Waals surface area contributed by atoms with Gasteiger partial charge in [-0.2, -0.15) is 0 Å². The second-order valence-electron chi connectivity index (χ2n) is 5.67. The summed E-state index contributed by atoms with van der Waals surface area (Å²) in [5.74, 6) is 1.68. The van der Waals surface area contributed by atoms with E-state index < -0.39 is 0 Å². The molecule has 0 bridgehead atoms. The highest BCUT2D eigenvalue weighted by molar-refractivity contribution is 8.00. The molecule has 26 heavy (non-hydrogen) atoms. The lowest BCUT2D eigenvalue weighted by atomic mass is 10.1. The Labute approximate surface area is 158 Å². The van der Waals surface area contributed by atoms with E-state index in [0.717, 1.165) is 39.4 Å². The van der Waals surface area contributed by atoms with Crippen LogP contribution in [0, 0.1) is 0 Å². The fourth-order valence-corrected chi connectivity index (χ4v) is 4.13. The van der Waals surface area contributed by atoms with E-state index in [4.69, 9.17) is 14.5 Å². The Morgan fingerprint density at radius 3 is 2.81 bits per heavy atom. The first-order chi connectivity index (χ1) is 12.7. The van der Waals surface area contributed by atoms with Crippen molar-refractivity contribution in [1.82, 2.24) is 9.97 Å². The maximum Gasteiger partial charge on any atom is 0.236 e. The number of pyridine rings is 1. The van der Waals surface area contributed by atoms with E-state index in [9.17, 15) is 4.79 Å². The van der Waals surface area contributed by atoms with Crippen molar-refractivity contribution in [2.24, 2.45) is 0 Å². The minimum absolute atomic E-state index is 0.0870. The van der Waals surface area contributed by atoms with Gasteiger partial charge in [-0.25, -0.2) is 9.97 Å². The largest absolute Gasteiger partial charge is 0.486 e. The highest BCUT2D eigenvalue weighted by Gasteiger charge is 2.16. The van der Waals surface area contributed by atoms with E-state index in [0.29, 0.717) is 18.3 Å². The molecule has 0 radical (unpaired) electrons. The lowest BCUT2D eigenvalue weighted by Gasteiger charge is -2.19. The zero-order chi connectivity index (χ0) is 17.9. The molecule has 1 N–H and O–H groups in total. The molecule has 1 aliphatic heterocycles. The highest BCUT2D eigenvalue weighted by Crippen LogP contribution is 2.36. The number of fused-ring (bicyclic) bond motifs is 2. The minimum Gasteiger partial charge on any atom is -0.486 e. The third-order valence-corrected chi connectivity index (χ3v) is 5.64. The molecule has 4 rings (SSSR count). The van der Waals surface area contributed by atoms with E-state index >= 15 is 0 Å². The summed E-state index contributed by atoms with van der Waals surface area (Å²) in [6.45, 7) is 3.19. The van der Waals surface area contributed by atoms with Crippen molar-refractivity contribution in [1.29, 1.82) is 0 Å². The van der Waals surface area contributed by atoms with Gasteiger partial charge >= 0.3 is 0 Å². The SMILES string of the molecule is CCc1cc2cc3c(cc2nc1SCC(=O)Nc1nccs1)OCCO3. The van der Waals surface area contributed by atoms with Crippen LogP contribution in [0.15, 0.2) is 34.8 Å². The summed E-state index contributed by atoms with van der Waals surface area (Å²) in [5.41, 5.74) is 1.95. The number of nitrogens with zero attached hydrogens (tertiary/aromatic N) is 2. The van der Waals surface area contributed by atoms with Crippen LogP contribution in [0.3, 0.4) is 0 Å². The second kappa shape index (κ2) is 7.51. The zero-order valence-electron chi connectivity index (χ0n) is 14.2. The van der Waals surface area contributed by atoms with Gasteiger partial charge in [0.15, 0.2) is 16.6 Å². The van der Waals surface area contributed by atoms with Crippen molar-refractivity contribution < 1.29 is 14.3 Å². The Kier molecular flexibility index (Phi) is 4.94. The van der Waals surface area contributed by atoms with Gasteiger partial charge < -0.3 is 14.8 Å². The molecule has 0 spiro atoms. The lowest BCUT2D eigenvalue weighted by molar-refractivity contribution is -0.113. The van der Waals surface area contributed by atoms with E-state index in [2.05, 4.69) is 23.3 Å². The van der Waals surface area contributed by atoms with E-state index in [-0.39, 0.29) is 11.7 Å². The number of thiazole rings is 1. The third kappa shape index (κ3) is 3.61. The summed E-state index contributed by atoms with van der Waals surface area (Å²) in [5, 5.41) is 7.12. The molecule has 0 saturated heterocycles. The van der Waals surface area contributed by atoms with Crippen molar-refractivity contribution in [3.05, 3.63) is 35.3 Å². The predicted octanol–water partition coefficient (Wildman–Crippen LogP) is 3.76. The number of ether oxygens (including phenoxy) is 2. The molecule has 0 atom stereocenters. The summed E-state index contributed by atoms with van der Waals surface area (Å²) in [6, 6.07) is 5.99. The Balaban J connectivity index is 1.56. The van der Waals surface area contributed by atoms with Gasteiger partial charge in [-0.3, -0.25) is 4.79 Å². The van der Waals surface area contributed by atoms with E-state index in [1.54, 1.807) is 6.20 Å². The van der Waals surface area contributed by atoms with Crippen LogP contribution in [0.5, 0.6) is 11.5 Å². The number of nitrogens with one attached hydrogen (secondary N) is 1. The number of anilines is 1. The molecule has 0 fully saturated rings. The molecule has 8 heteroatoms. The van der Waals surface area contributed by atoms with Crippen molar-refractivity contribution in [3.8, 4) is 11.5 Å². The van der Waals surface area contributed by atoms with Crippen LogP contribution < -0.4 is 14.8 Å². The molecule has 1 aliphatic rings. The number of rotatable bonds is 5. The Bertz CT molecular complexity index is 945. The number of aromatic nitrogens is 2. The van der Waals surface area contributed by atoms with Crippen LogP contribution >= 0.6 is 23.1 Å². The molecule has 0 unspecified atom stereocenters. The van der Waals surface area contributed by atoms with Crippen LogP contribution in [0.2, 0.25) is 0 Å². The van der Waals surface area contributed by atoms with Crippen molar-refractivity contribution in [3.63, 3.8) is 0 Å². The number of amides is 1. The number of aryl methyl sites for hydroxylation is 1. The lowest BCUT2D eigenvalue weighted by Crippen LogP contribution is -2.15. The molecule has 1 amide bonds. The Morgan fingerprint density at radius 2 is 2.08 bits per heavy atom. The monoisotopic (exact) mass is 387 g/mol. The maximum absolute atomic E-state index is 12.1. The number of hydrogen-bond donors (Lipinski definition) is 1. The van der Waals surface area contributed by atoms with Gasteiger partial charge in [-0.05, 0) is 24.1 Å². The molecule has 3 aromatic rings. The number of carbonyl (C=O) groups excluding carboxylic acids is 1. The number of hydrogen-bond acceptors (Lipinski definition) is 7. The van der Waals surface area contributed by atoms with Crippen molar-refractivity contribution in [2.75, 3.05) is 24.3 Å². The van der Waals surface area contributed by atoms with Crippen LogP contribution in [0.4, 0.5) is 5.13 Å². The fourth-order valence-electron chi connectivity index (χ4n) is 2.69. The van der Waals surface area contributed by atoms with Crippen molar-refractivity contribution >= 4 is 45.0 Å². The summed E-state index contributed by atoms with van der Waals surface area (Å²) in [7, 11) is 0. The number of carbonyl (C=O) groups is 1. The van der Waals surface area contributed by atoms with Gasteiger partial charge in [-0.15, -0.1) is 11.3 Å². The second-order valence-corrected chi connectivity index (χ2v) is 7.53. The summed E-state index contributed by atoms with van der Waals surface area (Å²) in [6.07, 6.45) is 2.51. The van der Waals surface area contributed by atoms with Gasteiger partial charge in [0, 0.05) is 23.0 Å². The van der Waals surface area contributed by atoms with Crippen LogP contribution in [-0.4, -0.2) is 34.8 Å². The minimum atomic E-state index is -0.0870. The molecule has 3 heterocycles. The third-order valence-electron chi connectivity index (χ3n) is 3.92. The summed E-state index contributed by atoms with van der Waals surface area (Å²) >= 11 is 2.84. The highest BCUT2D eigenvalue weighted by atomic mass is 32.2. The molecule has 0 saturated carbocycles. The van der Waals surface area contributed by atoms with Crippen LogP contribution in [-0.2, 0) is 11.2 Å². The Hall–Kier alpha value is -2.32. The molecule has 0 aliphatic carbocycles. The van der Waals surface area contributed by atoms with Crippen LogP contribution in [0.25, 0.3) is 10.9 Å². The molecular formula is C18H17N3O3S2. The van der Waals surface area contributed by atoms with E-state index in [1.165, 1.54) is 23.1 Å². The first kappa shape index (κ1) is 17.1. The molecule has 6 nitrogen and oxygen atoms in total. The summed E-state index contributed by atoms with van der Waals surface area (Å²) < 4.78 is 11.3. The van der Waals surface area contributed by atoms with Crippen LogP contribution in [0.1, 0.15) is 12.5 Å². The van der Waals surface area contributed by atoms with Crippen molar-refractivity contribution in [2.45, 2.75) is 18.4 Å². The average Bonchev–Trinajstić information content (AvgIpc) is 3.16.